The molecule has 0 aliphatic carbocycles. The summed E-state index contributed by atoms with van der Waals surface area (Å²) in [5.41, 5.74) is 0.777. The Morgan fingerprint density at radius 3 is 2.61 bits per heavy atom. The predicted octanol–water partition coefficient (Wildman–Crippen LogP) is 0.252. The van der Waals surface area contributed by atoms with Gasteiger partial charge in [-0.3, -0.25) is 19.3 Å². The summed E-state index contributed by atoms with van der Waals surface area (Å²) in [5.74, 6) is -1.55. The quantitative estimate of drug-likeness (QED) is 0.454. The molecule has 0 aromatic heterocycles. The fraction of sp³-hybridized carbons (Fsp3) is 0.654. The molecule has 4 saturated heterocycles. The summed E-state index contributed by atoms with van der Waals surface area (Å²) in [6, 6.07) is 7.93. The van der Waals surface area contributed by atoms with E-state index in [1.807, 2.05) is 30.3 Å². The first kappa shape index (κ1) is 25.5. The number of nitrogens with one attached hydrogen (secondary N) is 2. The number of thioether (sulfide) groups is 1. The third kappa shape index (κ3) is 4.02. The third-order valence-electron chi connectivity index (χ3n) is 8.50. The molecule has 10 heteroatoms. The van der Waals surface area contributed by atoms with Crippen molar-refractivity contribution in [3.63, 3.8) is 0 Å². The fourth-order valence-corrected chi connectivity index (χ4v) is 9.26. The van der Waals surface area contributed by atoms with Crippen LogP contribution in [0.3, 0.4) is 0 Å². The molecule has 4 heterocycles. The zero-order valence-electron chi connectivity index (χ0n) is 20.9. The van der Waals surface area contributed by atoms with E-state index in [4.69, 9.17) is 4.74 Å². The lowest BCUT2D eigenvalue weighted by Crippen LogP contribution is -2.57. The van der Waals surface area contributed by atoms with Crippen LogP contribution in [-0.4, -0.2) is 102 Å². The van der Waals surface area contributed by atoms with Crippen LogP contribution in [0.4, 0.5) is 0 Å². The van der Waals surface area contributed by atoms with E-state index in [1.54, 1.807) is 23.7 Å². The number of likely N-dealkylation sites (tertiary alicyclic amines) is 1. The van der Waals surface area contributed by atoms with Gasteiger partial charge in [0.2, 0.25) is 17.7 Å². The number of rotatable bonds is 8. The highest BCUT2D eigenvalue weighted by Gasteiger charge is 2.76. The van der Waals surface area contributed by atoms with Crippen LogP contribution in [0.5, 0.6) is 0 Å². The van der Waals surface area contributed by atoms with Crippen molar-refractivity contribution in [2.75, 3.05) is 53.0 Å². The number of carbonyl (C=O) groups is 3. The number of fused-ring (bicyclic) bond motifs is 1. The Bertz CT molecular complexity index is 990. The number of aliphatic hydroxyl groups is 1. The van der Waals surface area contributed by atoms with Gasteiger partial charge in [-0.05, 0) is 17.9 Å². The van der Waals surface area contributed by atoms with Crippen LogP contribution in [0.2, 0.25) is 0 Å². The van der Waals surface area contributed by atoms with Crippen molar-refractivity contribution in [2.45, 2.75) is 35.4 Å². The van der Waals surface area contributed by atoms with Gasteiger partial charge >= 0.3 is 0 Å². The zero-order chi connectivity index (χ0) is 25.4. The smallest absolute Gasteiger partial charge is 0.244 e. The van der Waals surface area contributed by atoms with Crippen molar-refractivity contribution in [3.05, 3.63) is 35.9 Å². The van der Waals surface area contributed by atoms with Crippen molar-refractivity contribution in [2.24, 2.45) is 17.8 Å². The van der Waals surface area contributed by atoms with Crippen molar-refractivity contribution in [1.29, 1.82) is 0 Å². The largest absolute Gasteiger partial charge is 0.394 e. The van der Waals surface area contributed by atoms with E-state index in [-0.39, 0.29) is 35.5 Å². The normalized spacial score (nSPS) is 34.5. The SMILES string of the molecule is CNC(=O)[C@@H]1[C@H]2C(=O)N([C@H](CO)c3ccccc3)C(C(=O)NCCN3CCOCC3)C23S[C@@H]1CC3C. The van der Waals surface area contributed by atoms with Crippen molar-refractivity contribution < 1.29 is 24.2 Å². The van der Waals surface area contributed by atoms with E-state index >= 15 is 0 Å². The summed E-state index contributed by atoms with van der Waals surface area (Å²) in [6.45, 7) is 6.02. The van der Waals surface area contributed by atoms with Crippen molar-refractivity contribution >= 4 is 29.5 Å². The molecule has 0 radical (unpaired) electrons. The molecular weight excluding hydrogens is 480 g/mol. The summed E-state index contributed by atoms with van der Waals surface area (Å²) in [5, 5.41) is 16.4. The number of ether oxygens (including phenoxy) is 1. The fourth-order valence-electron chi connectivity index (χ4n) is 6.85. The number of nitrogens with zero attached hydrogens (tertiary/aromatic N) is 2. The molecule has 3 amide bonds. The molecule has 196 valence electrons. The van der Waals surface area contributed by atoms with Gasteiger partial charge in [0.05, 0.1) is 42.4 Å². The maximum atomic E-state index is 14.2. The standard InChI is InChI=1S/C26H36N4O5S/c1-16-14-19-20(23(32)27-2)21-25(34)30(18(15-31)17-6-4-3-5-7-17)22(26(16,21)36-19)24(33)28-8-9-29-10-12-35-13-11-29/h3-7,16,18-22,31H,8-15H2,1-2H3,(H,27,32)(H,28,33)/t16?,18-,19-,20+,21+,22?,26?/m1/s1. The van der Waals surface area contributed by atoms with Gasteiger partial charge in [-0.25, -0.2) is 0 Å². The lowest BCUT2D eigenvalue weighted by Gasteiger charge is -2.40. The Labute approximate surface area is 216 Å². The predicted molar refractivity (Wildman–Crippen MR) is 136 cm³/mol. The van der Waals surface area contributed by atoms with Gasteiger partial charge in [0.1, 0.15) is 6.04 Å². The van der Waals surface area contributed by atoms with E-state index < -0.39 is 28.7 Å². The molecule has 1 aromatic carbocycles. The van der Waals surface area contributed by atoms with Crippen molar-refractivity contribution in [1.82, 2.24) is 20.4 Å². The maximum absolute atomic E-state index is 14.2. The highest BCUT2D eigenvalue weighted by atomic mass is 32.2. The molecule has 5 rings (SSSR count). The number of amides is 3. The molecule has 0 saturated carbocycles. The Morgan fingerprint density at radius 1 is 1.22 bits per heavy atom. The van der Waals surface area contributed by atoms with Crippen LogP contribution in [0, 0.1) is 17.8 Å². The average molecular weight is 517 g/mol. The molecule has 4 fully saturated rings. The Morgan fingerprint density at radius 2 is 1.94 bits per heavy atom. The van der Waals surface area contributed by atoms with E-state index in [1.165, 1.54) is 0 Å². The summed E-state index contributed by atoms with van der Waals surface area (Å²) < 4.78 is 4.71. The van der Waals surface area contributed by atoms with Gasteiger partial charge in [-0.2, -0.15) is 0 Å². The van der Waals surface area contributed by atoms with Gasteiger partial charge in [0, 0.05) is 38.5 Å². The monoisotopic (exact) mass is 516 g/mol. The number of morpholine rings is 1. The van der Waals surface area contributed by atoms with Crippen LogP contribution < -0.4 is 10.6 Å². The van der Waals surface area contributed by atoms with E-state index in [0.717, 1.165) is 25.1 Å². The van der Waals surface area contributed by atoms with Gasteiger partial charge in [0.15, 0.2) is 0 Å². The molecule has 3 unspecified atom stereocenters. The second-order valence-electron chi connectivity index (χ2n) is 10.3. The van der Waals surface area contributed by atoms with Crippen molar-refractivity contribution in [3.8, 4) is 0 Å². The first-order valence-corrected chi connectivity index (χ1v) is 13.8. The Balaban J connectivity index is 1.48. The second kappa shape index (κ2) is 10.3. The number of benzene rings is 1. The summed E-state index contributed by atoms with van der Waals surface area (Å²) in [4.78, 5) is 45.0. The van der Waals surface area contributed by atoms with Gasteiger partial charge in [-0.1, -0.05) is 37.3 Å². The Kier molecular flexibility index (Phi) is 7.31. The highest BCUT2D eigenvalue weighted by molar-refractivity contribution is 8.02. The van der Waals surface area contributed by atoms with Crippen LogP contribution in [0.15, 0.2) is 30.3 Å². The molecule has 4 aliphatic rings. The minimum absolute atomic E-state index is 0.00371. The second-order valence-corrected chi connectivity index (χ2v) is 11.8. The lowest BCUT2D eigenvalue weighted by atomic mass is 9.66. The van der Waals surface area contributed by atoms with E-state index in [9.17, 15) is 19.5 Å². The number of aliphatic hydroxyl groups excluding tert-OH is 1. The number of hydrogen-bond donors (Lipinski definition) is 3. The van der Waals surface area contributed by atoms with Crippen LogP contribution >= 0.6 is 11.8 Å². The molecule has 3 N–H and O–H groups in total. The number of hydrogen-bond acceptors (Lipinski definition) is 7. The molecular formula is C26H36N4O5S. The van der Waals surface area contributed by atoms with Gasteiger partial charge in [0.25, 0.3) is 0 Å². The summed E-state index contributed by atoms with van der Waals surface area (Å²) >= 11 is 1.65. The van der Waals surface area contributed by atoms with Crippen LogP contribution in [-0.2, 0) is 19.1 Å². The zero-order valence-corrected chi connectivity index (χ0v) is 21.7. The third-order valence-corrected chi connectivity index (χ3v) is 10.6. The number of carbonyl (C=O) groups excluding carboxylic acids is 3. The molecule has 1 spiro atoms. The van der Waals surface area contributed by atoms with Gasteiger partial charge < -0.3 is 25.4 Å². The van der Waals surface area contributed by atoms with Crippen LogP contribution in [0.25, 0.3) is 0 Å². The van der Waals surface area contributed by atoms with Crippen LogP contribution in [0.1, 0.15) is 24.9 Å². The van der Waals surface area contributed by atoms with Gasteiger partial charge in [-0.15, -0.1) is 11.8 Å². The molecule has 2 bridgehead atoms. The average Bonchev–Trinajstić information content (AvgIpc) is 3.49. The summed E-state index contributed by atoms with van der Waals surface area (Å²) in [7, 11) is 1.60. The Hall–Kier alpha value is -2.14. The minimum atomic E-state index is -0.767. The molecule has 9 nitrogen and oxygen atoms in total. The molecule has 36 heavy (non-hydrogen) atoms. The first-order valence-electron chi connectivity index (χ1n) is 12.9. The topological polar surface area (TPSA) is 111 Å². The molecule has 1 aromatic rings. The first-order chi connectivity index (χ1) is 17.4. The summed E-state index contributed by atoms with van der Waals surface area (Å²) in [6.07, 6.45) is 0.785. The minimum Gasteiger partial charge on any atom is -0.394 e. The maximum Gasteiger partial charge on any atom is 0.244 e. The van der Waals surface area contributed by atoms with E-state index in [0.29, 0.717) is 26.3 Å². The van der Waals surface area contributed by atoms with E-state index in [2.05, 4.69) is 22.5 Å². The lowest BCUT2D eigenvalue weighted by molar-refractivity contribution is -0.142. The molecule has 7 atom stereocenters. The molecule has 4 aliphatic heterocycles. The highest BCUT2D eigenvalue weighted by Crippen LogP contribution is 2.69.